The zero-order chi connectivity index (χ0) is 28.6. The van der Waals surface area contributed by atoms with E-state index in [-0.39, 0.29) is 30.2 Å². The normalized spacial score (nSPS) is 11.9. The number of rotatable bonds is 12. The van der Waals surface area contributed by atoms with Crippen molar-refractivity contribution in [3.05, 3.63) is 106 Å². The number of hydrogen-bond acceptors (Lipinski definition) is 6. The molecule has 0 radical (unpaired) electrons. The standard InChI is InChI=1S/C28H32N4O6S/c1-4-29-28(34)26(17-22-12-6-5-7-13-22)30(19-23-14-9-8-11-21(23)2)27(33)20-31(39(3,37)38)24-15-10-16-25(18-24)32(35)36/h5-16,18,26H,4,17,19-20H2,1-3H3,(H,29,34). The van der Waals surface area contributed by atoms with Crippen LogP contribution in [0.25, 0.3) is 0 Å². The number of amides is 2. The van der Waals surface area contributed by atoms with E-state index in [9.17, 15) is 28.1 Å². The summed E-state index contributed by atoms with van der Waals surface area (Å²) in [6.07, 6.45) is 1.13. The number of sulfonamides is 1. The molecule has 0 aliphatic rings. The van der Waals surface area contributed by atoms with Crippen LogP contribution in [0.15, 0.2) is 78.9 Å². The summed E-state index contributed by atoms with van der Waals surface area (Å²) >= 11 is 0. The quantitative estimate of drug-likeness (QED) is 0.271. The molecule has 3 aromatic carbocycles. The van der Waals surface area contributed by atoms with Crippen molar-refractivity contribution in [1.29, 1.82) is 0 Å². The highest BCUT2D eigenvalue weighted by Crippen LogP contribution is 2.24. The molecular formula is C28H32N4O6S. The van der Waals surface area contributed by atoms with Crippen molar-refractivity contribution in [2.24, 2.45) is 0 Å². The first-order chi connectivity index (χ1) is 18.5. The second-order valence-corrected chi connectivity index (χ2v) is 11.0. The molecule has 0 saturated heterocycles. The maximum atomic E-state index is 14.0. The van der Waals surface area contributed by atoms with Crippen LogP contribution in [-0.2, 0) is 32.6 Å². The number of carbonyl (C=O) groups excluding carboxylic acids is 2. The van der Waals surface area contributed by atoms with Gasteiger partial charge in [0, 0.05) is 31.6 Å². The highest BCUT2D eigenvalue weighted by molar-refractivity contribution is 7.92. The predicted octanol–water partition coefficient (Wildman–Crippen LogP) is 3.45. The van der Waals surface area contributed by atoms with Crippen LogP contribution in [0.3, 0.4) is 0 Å². The third-order valence-electron chi connectivity index (χ3n) is 6.23. The van der Waals surface area contributed by atoms with Crippen molar-refractivity contribution in [2.75, 3.05) is 23.7 Å². The van der Waals surface area contributed by atoms with Crippen molar-refractivity contribution in [3.63, 3.8) is 0 Å². The molecule has 3 rings (SSSR count). The Balaban J connectivity index is 2.07. The van der Waals surface area contributed by atoms with Crippen LogP contribution >= 0.6 is 0 Å². The number of likely N-dealkylation sites (N-methyl/N-ethyl adjacent to an activating group) is 1. The van der Waals surface area contributed by atoms with E-state index in [2.05, 4.69) is 5.32 Å². The van der Waals surface area contributed by atoms with E-state index in [4.69, 9.17) is 0 Å². The van der Waals surface area contributed by atoms with Gasteiger partial charge in [0.25, 0.3) is 5.69 Å². The lowest BCUT2D eigenvalue weighted by Gasteiger charge is -2.33. The van der Waals surface area contributed by atoms with Crippen molar-refractivity contribution >= 4 is 33.2 Å². The van der Waals surface area contributed by atoms with Crippen LogP contribution in [0.2, 0.25) is 0 Å². The molecule has 0 spiro atoms. The second kappa shape index (κ2) is 13.0. The lowest BCUT2D eigenvalue weighted by atomic mass is 10.0. The lowest BCUT2D eigenvalue weighted by Crippen LogP contribution is -2.53. The topological polar surface area (TPSA) is 130 Å². The van der Waals surface area contributed by atoms with Gasteiger partial charge in [-0.2, -0.15) is 0 Å². The van der Waals surface area contributed by atoms with Crippen LogP contribution in [-0.4, -0.2) is 55.4 Å². The number of nitro groups is 1. The third-order valence-corrected chi connectivity index (χ3v) is 7.37. The molecule has 1 atom stereocenters. The van der Waals surface area contributed by atoms with E-state index in [1.807, 2.05) is 61.5 Å². The maximum Gasteiger partial charge on any atom is 0.271 e. The summed E-state index contributed by atoms with van der Waals surface area (Å²) in [5.74, 6) is -0.994. The van der Waals surface area contributed by atoms with Crippen LogP contribution < -0.4 is 9.62 Å². The van der Waals surface area contributed by atoms with Crippen molar-refractivity contribution in [3.8, 4) is 0 Å². The predicted molar refractivity (Wildman–Crippen MR) is 150 cm³/mol. The van der Waals surface area contributed by atoms with Gasteiger partial charge in [0.05, 0.1) is 16.9 Å². The maximum absolute atomic E-state index is 14.0. The minimum Gasteiger partial charge on any atom is -0.355 e. The van der Waals surface area contributed by atoms with Crippen LogP contribution in [0.1, 0.15) is 23.6 Å². The first-order valence-electron chi connectivity index (χ1n) is 12.4. The van der Waals surface area contributed by atoms with Gasteiger partial charge in [0.1, 0.15) is 12.6 Å². The molecule has 1 N–H and O–H groups in total. The minimum absolute atomic E-state index is 0.0199. The Hall–Kier alpha value is -4.25. The number of nitrogens with one attached hydrogen (secondary N) is 1. The zero-order valence-electron chi connectivity index (χ0n) is 22.1. The second-order valence-electron chi connectivity index (χ2n) is 9.09. The van der Waals surface area contributed by atoms with Gasteiger partial charge in [-0.05, 0) is 36.6 Å². The number of anilines is 1. The first-order valence-corrected chi connectivity index (χ1v) is 14.2. The molecular weight excluding hydrogens is 520 g/mol. The van der Waals surface area contributed by atoms with Gasteiger partial charge in [0.2, 0.25) is 21.8 Å². The number of non-ortho nitro benzene ring substituents is 1. The summed E-state index contributed by atoms with van der Waals surface area (Å²) < 4.78 is 26.4. The fourth-order valence-electron chi connectivity index (χ4n) is 4.19. The highest BCUT2D eigenvalue weighted by atomic mass is 32.2. The van der Waals surface area contributed by atoms with Gasteiger partial charge in [-0.3, -0.25) is 24.0 Å². The summed E-state index contributed by atoms with van der Waals surface area (Å²) in [6, 6.07) is 20.8. The summed E-state index contributed by atoms with van der Waals surface area (Å²) in [7, 11) is -4.02. The van der Waals surface area contributed by atoms with E-state index < -0.39 is 33.4 Å². The van der Waals surface area contributed by atoms with Crippen LogP contribution in [0, 0.1) is 17.0 Å². The van der Waals surface area contributed by atoms with Gasteiger partial charge in [-0.25, -0.2) is 8.42 Å². The molecule has 0 bridgehead atoms. The molecule has 10 nitrogen and oxygen atoms in total. The Morgan fingerprint density at radius 1 is 1.00 bits per heavy atom. The fraction of sp³-hybridized carbons (Fsp3) is 0.286. The Morgan fingerprint density at radius 2 is 1.67 bits per heavy atom. The molecule has 39 heavy (non-hydrogen) atoms. The summed E-state index contributed by atoms with van der Waals surface area (Å²) in [5.41, 5.74) is 2.20. The van der Waals surface area contributed by atoms with E-state index in [0.29, 0.717) is 6.54 Å². The average Bonchev–Trinajstić information content (AvgIpc) is 2.90. The molecule has 0 aliphatic heterocycles. The fourth-order valence-corrected chi connectivity index (χ4v) is 5.03. The van der Waals surface area contributed by atoms with Crippen molar-refractivity contribution in [1.82, 2.24) is 10.2 Å². The largest absolute Gasteiger partial charge is 0.355 e. The number of aryl methyl sites for hydroxylation is 1. The van der Waals surface area contributed by atoms with Gasteiger partial charge in [-0.15, -0.1) is 0 Å². The molecule has 3 aromatic rings. The number of carbonyl (C=O) groups is 2. The van der Waals surface area contributed by atoms with Crippen molar-refractivity contribution < 1.29 is 22.9 Å². The van der Waals surface area contributed by atoms with Gasteiger partial charge >= 0.3 is 0 Å². The van der Waals surface area contributed by atoms with Crippen LogP contribution in [0.4, 0.5) is 11.4 Å². The van der Waals surface area contributed by atoms with Crippen LogP contribution in [0.5, 0.6) is 0 Å². The molecule has 0 heterocycles. The number of nitrogens with zero attached hydrogens (tertiary/aromatic N) is 3. The number of benzene rings is 3. The monoisotopic (exact) mass is 552 g/mol. The molecule has 0 saturated carbocycles. The van der Waals surface area contributed by atoms with E-state index in [1.165, 1.54) is 23.1 Å². The molecule has 2 amide bonds. The molecule has 0 fully saturated rings. The van der Waals surface area contributed by atoms with Gasteiger partial charge in [-0.1, -0.05) is 60.7 Å². The smallest absolute Gasteiger partial charge is 0.271 e. The van der Waals surface area contributed by atoms with Gasteiger partial charge in [0.15, 0.2) is 0 Å². The lowest BCUT2D eigenvalue weighted by molar-refractivity contribution is -0.384. The average molecular weight is 553 g/mol. The third kappa shape index (κ3) is 7.87. The summed E-state index contributed by atoms with van der Waals surface area (Å²) in [6.45, 7) is 3.43. The summed E-state index contributed by atoms with van der Waals surface area (Å²) in [5, 5.41) is 14.1. The Labute approximate surface area is 228 Å². The first kappa shape index (κ1) is 29.3. The van der Waals surface area contributed by atoms with E-state index in [0.717, 1.165) is 33.3 Å². The Kier molecular flexibility index (Phi) is 9.78. The van der Waals surface area contributed by atoms with Gasteiger partial charge < -0.3 is 10.2 Å². The Morgan fingerprint density at radius 3 is 2.28 bits per heavy atom. The molecule has 0 aromatic heterocycles. The highest BCUT2D eigenvalue weighted by Gasteiger charge is 2.33. The molecule has 206 valence electrons. The number of hydrogen-bond donors (Lipinski definition) is 1. The molecule has 0 aliphatic carbocycles. The minimum atomic E-state index is -4.02. The zero-order valence-corrected chi connectivity index (χ0v) is 22.9. The molecule has 11 heteroatoms. The van der Waals surface area contributed by atoms with E-state index in [1.54, 1.807) is 6.92 Å². The molecule has 1 unspecified atom stereocenters. The Bertz CT molecular complexity index is 1430. The van der Waals surface area contributed by atoms with E-state index >= 15 is 0 Å². The SMILES string of the molecule is CCNC(=O)C(Cc1ccccc1)N(Cc1ccccc1C)C(=O)CN(c1cccc([N+](=O)[O-])c1)S(C)(=O)=O. The summed E-state index contributed by atoms with van der Waals surface area (Å²) in [4.78, 5) is 39.3. The van der Waals surface area contributed by atoms with Crippen molar-refractivity contribution in [2.45, 2.75) is 32.9 Å². The number of nitro benzene ring substituents is 1.